The van der Waals surface area contributed by atoms with Crippen molar-refractivity contribution in [3.05, 3.63) is 57.0 Å². The van der Waals surface area contributed by atoms with Gasteiger partial charge in [0.2, 0.25) is 0 Å². The Morgan fingerprint density at radius 2 is 1.87 bits per heavy atom. The monoisotopic (exact) mass is 311 g/mol. The fraction of sp³-hybridized carbons (Fsp3) is 0.235. The quantitative estimate of drug-likeness (QED) is 0.811. The number of ether oxygens (including phenoxy) is 2. The molecule has 1 aromatic heterocycles. The molecule has 0 spiro atoms. The maximum absolute atomic E-state index is 12.3. The van der Waals surface area contributed by atoms with E-state index in [1.165, 1.54) is 10.9 Å². The van der Waals surface area contributed by atoms with Crippen molar-refractivity contribution in [3.8, 4) is 17.6 Å². The number of benzene rings is 1. The molecule has 23 heavy (non-hydrogen) atoms. The van der Waals surface area contributed by atoms with Gasteiger partial charge in [-0.05, 0) is 49.2 Å². The van der Waals surface area contributed by atoms with E-state index in [-0.39, 0.29) is 5.56 Å². The molecule has 0 radical (unpaired) electrons. The summed E-state index contributed by atoms with van der Waals surface area (Å²) >= 11 is 0. The summed E-state index contributed by atoms with van der Waals surface area (Å²) in [5.41, 5.74) is 1.71. The van der Waals surface area contributed by atoms with Gasteiger partial charge in [-0.1, -0.05) is 0 Å². The molecule has 1 aromatic carbocycles. The van der Waals surface area contributed by atoms with Crippen LogP contribution in [0.3, 0.4) is 0 Å². The molecule has 0 fully saturated rings. The Morgan fingerprint density at radius 3 is 2.48 bits per heavy atom. The van der Waals surface area contributed by atoms with Crippen LogP contribution in [0.5, 0.6) is 11.5 Å². The maximum Gasteiger partial charge on any atom is 0.289 e. The number of hydrogen-bond acceptors (Lipinski definition) is 5. The average molecular weight is 311 g/mol. The van der Waals surface area contributed by atoms with E-state index in [2.05, 4.69) is 5.10 Å². The molecular weight excluding hydrogens is 294 g/mol. The van der Waals surface area contributed by atoms with Crippen molar-refractivity contribution in [2.75, 3.05) is 14.2 Å². The summed E-state index contributed by atoms with van der Waals surface area (Å²) in [4.78, 5) is 12.3. The van der Waals surface area contributed by atoms with Crippen LogP contribution in [-0.2, 0) is 0 Å². The summed E-state index contributed by atoms with van der Waals surface area (Å²) in [5, 5.41) is 13.3. The van der Waals surface area contributed by atoms with Gasteiger partial charge >= 0.3 is 0 Å². The number of rotatable bonds is 4. The van der Waals surface area contributed by atoms with Crippen molar-refractivity contribution < 1.29 is 9.47 Å². The fourth-order valence-corrected chi connectivity index (χ4v) is 2.22. The van der Waals surface area contributed by atoms with Crippen molar-refractivity contribution >= 4 is 6.21 Å². The van der Waals surface area contributed by atoms with E-state index in [4.69, 9.17) is 14.7 Å². The lowest BCUT2D eigenvalue weighted by Gasteiger charge is -2.08. The maximum atomic E-state index is 12.3. The second-order valence-electron chi connectivity index (χ2n) is 4.93. The Labute approximate surface area is 134 Å². The van der Waals surface area contributed by atoms with Gasteiger partial charge in [0.05, 0.1) is 20.4 Å². The minimum atomic E-state index is -0.429. The van der Waals surface area contributed by atoms with Crippen molar-refractivity contribution in [1.29, 1.82) is 5.26 Å². The van der Waals surface area contributed by atoms with Crippen LogP contribution in [0.2, 0.25) is 0 Å². The first-order valence-corrected chi connectivity index (χ1v) is 6.91. The smallest absolute Gasteiger partial charge is 0.289 e. The highest BCUT2D eigenvalue weighted by molar-refractivity contribution is 5.80. The topological polar surface area (TPSA) is 76.6 Å². The third-order valence-corrected chi connectivity index (χ3v) is 3.40. The lowest BCUT2D eigenvalue weighted by Crippen LogP contribution is -2.22. The van der Waals surface area contributed by atoms with Crippen LogP contribution >= 0.6 is 0 Å². The number of aryl methyl sites for hydroxylation is 2. The summed E-state index contributed by atoms with van der Waals surface area (Å²) in [7, 11) is 3.11. The van der Waals surface area contributed by atoms with Crippen LogP contribution < -0.4 is 15.0 Å². The minimum absolute atomic E-state index is 0.0973. The Morgan fingerprint density at radius 1 is 1.17 bits per heavy atom. The summed E-state index contributed by atoms with van der Waals surface area (Å²) in [6, 6.07) is 8.98. The van der Waals surface area contributed by atoms with E-state index in [9.17, 15) is 4.79 Å². The second kappa shape index (κ2) is 6.79. The van der Waals surface area contributed by atoms with Gasteiger partial charge < -0.3 is 9.47 Å². The predicted molar refractivity (Wildman–Crippen MR) is 87.4 cm³/mol. The average Bonchev–Trinajstić information content (AvgIpc) is 2.54. The molecule has 2 aromatic rings. The lowest BCUT2D eigenvalue weighted by molar-refractivity contribution is 0.355. The summed E-state index contributed by atoms with van der Waals surface area (Å²) in [5.74, 6) is 1.18. The first-order chi connectivity index (χ1) is 11.0. The molecule has 0 N–H and O–H groups in total. The van der Waals surface area contributed by atoms with Gasteiger partial charge in [-0.25, -0.2) is 4.68 Å². The molecule has 6 nitrogen and oxygen atoms in total. The van der Waals surface area contributed by atoms with E-state index in [0.717, 1.165) is 5.56 Å². The second-order valence-corrected chi connectivity index (χ2v) is 4.93. The van der Waals surface area contributed by atoms with Gasteiger partial charge in [-0.15, -0.1) is 0 Å². The molecule has 0 unspecified atom stereocenters. The molecule has 0 amide bonds. The summed E-state index contributed by atoms with van der Waals surface area (Å²) < 4.78 is 11.6. The Balaban J connectivity index is 2.46. The first-order valence-electron chi connectivity index (χ1n) is 6.91. The third-order valence-electron chi connectivity index (χ3n) is 3.40. The van der Waals surface area contributed by atoms with Crippen molar-refractivity contribution in [1.82, 2.24) is 4.68 Å². The fourth-order valence-electron chi connectivity index (χ4n) is 2.22. The van der Waals surface area contributed by atoms with Crippen LogP contribution in [-0.4, -0.2) is 25.1 Å². The Kier molecular flexibility index (Phi) is 4.82. The summed E-state index contributed by atoms with van der Waals surface area (Å²) in [6.45, 7) is 3.50. The minimum Gasteiger partial charge on any atom is -0.493 e. The highest BCUT2D eigenvalue weighted by Gasteiger charge is 2.09. The molecule has 0 bridgehead atoms. The van der Waals surface area contributed by atoms with Crippen molar-refractivity contribution in [2.24, 2.45) is 5.10 Å². The predicted octanol–water partition coefficient (Wildman–Crippen LogP) is 2.24. The van der Waals surface area contributed by atoms with E-state index in [0.29, 0.717) is 22.8 Å². The molecule has 6 heteroatoms. The normalized spacial score (nSPS) is 10.6. The van der Waals surface area contributed by atoms with Crippen LogP contribution in [0.25, 0.3) is 0 Å². The molecule has 1 heterocycles. The molecule has 0 saturated carbocycles. The van der Waals surface area contributed by atoms with Gasteiger partial charge in [0.25, 0.3) is 5.56 Å². The largest absolute Gasteiger partial charge is 0.493 e. The number of nitriles is 1. The highest BCUT2D eigenvalue weighted by atomic mass is 16.5. The number of methoxy groups -OCH3 is 2. The van der Waals surface area contributed by atoms with E-state index < -0.39 is 5.56 Å². The van der Waals surface area contributed by atoms with Crippen LogP contribution in [0.1, 0.15) is 22.4 Å². The van der Waals surface area contributed by atoms with E-state index in [1.807, 2.05) is 6.07 Å². The molecule has 118 valence electrons. The zero-order chi connectivity index (χ0) is 17.0. The molecular formula is C17H17N3O3. The number of nitrogens with zero attached hydrogens (tertiary/aromatic N) is 3. The first kappa shape index (κ1) is 16.3. The molecule has 0 aliphatic rings. The molecule has 2 rings (SSSR count). The van der Waals surface area contributed by atoms with Gasteiger partial charge in [0, 0.05) is 5.69 Å². The number of hydrogen-bond donors (Lipinski definition) is 0. The molecule has 0 aliphatic carbocycles. The zero-order valence-corrected chi connectivity index (χ0v) is 13.5. The van der Waals surface area contributed by atoms with Crippen LogP contribution in [0, 0.1) is 25.2 Å². The SMILES string of the molecule is COc1ccc(/C=N/n2c(C)cc(C)c(C#N)c2=O)cc1OC. The molecule has 0 saturated heterocycles. The van der Waals surface area contributed by atoms with Gasteiger partial charge in [0.15, 0.2) is 11.5 Å². The van der Waals surface area contributed by atoms with E-state index in [1.54, 1.807) is 52.3 Å². The molecule has 0 atom stereocenters. The standard InChI is InChI=1S/C17H17N3O3/c1-11-7-12(2)20(17(21)14(11)9-18)19-10-13-5-6-15(22-3)16(8-13)23-4/h5-8,10H,1-4H3/b19-10+. The zero-order valence-electron chi connectivity index (χ0n) is 13.5. The third kappa shape index (κ3) is 3.24. The van der Waals surface area contributed by atoms with Crippen molar-refractivity contribution in [3.63, 3.8) is 0 Å². The van der Waals surface area contributed by atoms with Gasteiger partial charge in [0.1, 0.15) is 11.6 Å². The Bertz CT molecular complexity index is 861. The van der Waals surface area contributed by atoms with Crippen molar-refractivity contribution in [2.45, 2.75) is 13.8 Å². The van der Waals surface area contributed by atoms with Gasteiger partial charge in [-0.2, -0.15) is 10.4 Å². The summed E-state index contributed by atoms with van der Waals surface area (Å²) in [6.07, 6.45) is 1.53. The molecule has 0 aliphatic heterocycles. The van der Waals surface area contributed by atoms with E-state index >= 15 is 0 Å². The van der Waals surface area contributed by atoms with Crippen LogP contribution in [0.15, 0.2) is 34.2 Å². The van der Waals surface area contributed by atoms with Crippen LogP contribution in [0.4, 0.5) is 0 Å². The highest BCUT2D eigenvalue weighted by Crippen LogP contribution is 2.26. The number of pyridine rings is 1. The lowest BCUT2D eigenvalue weighted by atomic mass is 10.1. The Hall–Kier alpha value is -3.07. The van der Waals surface area contributed by atoms with Gasteiger partial charge in [-0.3, -0.25) is 4.79 Å². The number of aromatic nitrogens is 1.